The molecule has 2 aromatic heterocycles. The number of rotatable bonds is 6. The average molecular weight is 402 g/mol. The third-order valence-electron chi connectivity index (χ3n) is 5.98. The van der Waals surface area contributed by atoms with Gasteiger partial charge < -0.3 is 10.2 Å². The van der Waals surface area contributed by atoms with Crippen molar-refractivity contribution in [3.05, 3.63) is 16.3 Å². The number of aromatic nitrogens is 2. The fourth-order valence-electron chi connectivity index (χ4n) is 3.83. The van der Waals surface area contributed by atoms with Crippen molar-refractivity contribution in [2.75, 3.05) is 31.6 Å². The zero-order valence-corrected chi connectivity index (χ0v) is 18.2. The highest BCUT2D eigenvalue weighted by atomic mass is 32.1. The number of carbonyl (C=O) groups is 1. The molecule has 0 radical (unpaired) electrons. The summed E-state index contributed by atoms with van der Waals surface area (Å²) in [5.74, 6) is 2.65. The highest BCUT2D eigenvalue weighted by Gasteiger charge is 2.25. The van der Waals surface area contributed by atoms with E-state index >= 15 is 0 Å². The summed E-state index contributed by atoms with van der Waals surface area (Å²) in [4.78, 5) is 28.9. The predicted molar refractivity (Wildman–Crippen MR) is 115 cm³/mol. The summed E-state index contributed by atoms with van der Waals surface area (Å²) in [5.41, 5.74) is 1.22. The molecule has 0 unspecified atom stereocenters. The van der Waals surface area contributed by atoms with Gasteiger partial charge in [0.05, 0.1) is 18.5 Å². The summed E-state index contributed by atoms with van der Waals surface area (Å²) in [6, 6.07) is 0.383. The first-order chi connectivity index (χ1) is 13.4. The van der Waals surface area contributed by atoms with E-state index in [-0.39, 0.29) is 5.91 Å². The Labute approximate surface area is 171 Å². The summed E-state index contributed by atoms with van der Waals surface area (Å²) < 4.78 is 0. The van der Waals surface area contributed by atoms with Crippen LogP contribution >= 0.6 is 11.3 Å². The van der Waals surface area contributed by atoms with Crippen LogP contribution < -0.4 is 10.2 Å². The Morgan fingerprint density at radius 3 is 2.61 bits per heavy atom. The second-order valence-corrected chi connectivity index (χ2v) is 9.79. The lowest BCUT2D eigenvalue weighted by Crippen LogP contribution is -2.37. The van der Waals surface area contributed by atoms with Crippen molar-refractivity contribution < 1.29 is 4.79 Å². The Morgan fingerprint density at radius 2 is 1.93 bits per heavy atom. The van der Waals surface area contributed by atoms with Gasteiger partial charge in [0.25, 0.3) is 0 Å². The third-order valence-corrected chi connectivity index (χ3v) is 7.08. The first-order valence-electron chi connectivity index (χ1n) is 10.4. The minimum Gasteiger partial charge on any atom is -0.352 e. The van der Waals surface area contributed by atoms with Crippen molar-refractivity contribution >= 4 is 33.3 Å². The van der Waals surface area contributed by atoms with Gasteiger partial charge in [0.15, 0.2) is 0 Å². The molecule has 2 aliphatic rings. The van der Waals surface area contributed by atoms with Crippen LogP contribution in [0.1, 0.15) is 48.9 Å². The summed E-state index contributed by atoms with van der Waals surface area (Å²) in [6.07, 6.45) is 4.70. The molecule has 1 amide bonds. The standard InChI is InChI=1S/C21H31N5OS/c1-13-7-9-26(10-8-13)11-17-23-20(19-14(2)15(3)28-21(19)24-17)25(4)12-18(27)22-16-5-6-16/h13,16H,5-12H2,1-4H3,(H,22,27). The third kappa shape index (κ3) is 4.30. The van der Waals surface area contributed by atoms with Gasteiger partial charge in [0.2, 0.25) is 5.91 Å². The van der Waals surface area contributed by atoms with E-state index < -0.39 is 0 Å². The van der Waals surface area contributed by atoms with Gasteiger partial charge in [-0.3, -0.25) is 9.69 Å². The number of piperidine rings is 1. The van der Waals surface area contributed by atoms with Crippen molar-refractivity contribution in [3.63, 3.8) is 0 Å². The Hall–Kier alpha value is -1.73. The topological polar surface area (TPSA) is 61.4 Å². The van der Waals surface area contributed by atoms with Crippen LogP contribution in [0.25, 0.3) is 10.2 Å². The molecule has 1 aliphatic carbocycles. The molecule has 0 spiro atoms. The molecule has 0 atom stereocenters. The maximum absolute atomic E-state index is 12.3. The number of thiophene rings is 1. The van der Waals surface area contributed by atoms with E-state index in [0.717, 1.165) is 60.3 Å². The summed E-state index contributed by atoms with van der Waals surface area (Å²) in [7, 11) is 1.97. The van der Waals surface area contributed by atoms with Gasteiger partial charge in [-0.2, -0.15) is 0 Å². The van der Waals surface area contributed by atoms with Crippen LogP contribution in [-0.4, -0.2) is 53.5 Å². The van der Waals surface area contributed by atoms with E-state index in [4.69, 9.17) is 9.97 Å². The van der Waals surface area contributed by atoms with Gasteiger partial charge in [-0.1, -0.05) is 6.92 Å². The molecule has 3 heterocycles. The molecular formula is C21H31N5OS. The van der Waals surface area contributed by atoms with Crippen LogP contribution in [0.15, 0.2) is 0 Å². The summed E-state index contributed by atoms with van der Waals surface area (Å²) in [6.45, 7) is 9.93. The van der Waals surface area contributed by atoms with Crippen molar-refractivity contribution in [1.29, 1.82) is 0 Å². The van der Waals surface area contributed by atoms with Crippen LogP contribution in [-0.2, 0) is 11.3 Å². The largest absolute Gasteiger partial charge is 0.352 e. The highest BCUT2D eigenvalue weighted by molar-refractivity contribution is 7.18. The number of hydrogen-bond donors (Lipinski definition) is 1. The van der Waals surface area contributed by atoms with E-state index in [1.54, 1.807) is 11.3 Å². The van der Waals surface area contributed by atoms with Gasteiger partial charge in [0, 0.05) is 18.0 Å². The average Bonchev–Trinajstić information content (AvgIpc) is 3.41. The van der Waals surface area contributed by atoms with E-state index in [1.165, 1.54) is 23.3 Å². The van der Waals surface area contributed by atoms with Crippen molar-refractivity contribution in [1.82, 2.24) is 20.2 Å². The molecule has 0 bridgehead atoms. The highest BCUT2D eigenvalue weighted by Crippen LogP contribution is 2.35. The van der Waals surface area contributed by atoms with Crippen LogP contribution in [0.2, 0.25) is 0 Å². The molecule has 152 valence electrons. The van der Waals surface area contributed by atoms with E-state index in [0.29, 0.717) is 12.6 Å². The van der Waals surface area contributed by atoms with Crippen molar-refractivity contribution in [2.24, 2.45) is 5.92 Å². The van der Waals surface area contributed by atoms with E-state index in [1.807, 2.05) is 11.9 Å². The van der Waals surface area contributed by atoms with Crippen LogP contribution in [0.5, 0.6) is 0 Å². The number of aryl methyl sites for hydroxylation is 2. The number of likely N-dealkylation sites (tertiary alicyclic amines) is 1. The minimum atomic E-state index is 0.0768. The maximum atomic E-state index is 12.3. The zero-order chi connectivity index (χ0) is 19.8. The Morgan fingerprint density at radius 1 is 1.21 bits per heavy atom. The van der Waals surface area contributed by atoms with Gasteiger partial charge >= 0.3 is 0 Å². The summed E-state index contributed by atoms with van der Waals surface area (Å²) >= 11 is 1.73. The molecule has 7 heteroatoms. The normalized spacial score (nSPS) is 18.6. The van der Waals surface area contributed by atoms with E-state index in [9.17, 15) is 4.79 Å². The number of nitrogens with one attached hydrogen (secondary N) is 1. The van der Waals surface area contributed by atoms with Crippen LogP contribution in [0.4, 0.5) is 5.82 Å². The van der Waals surface area contributed by atoms with Crippen LogP contribution in [0, 0.1) is 19.8 Å². The van der Waals surface area contributed by atoms with Gasteiger partial charge in [-0.15, -0.1) is 11.3 Å². The second kappa shape index (κ2) is 7.95. The number of likely N-dealkylation sites (N-methyl/N-ethyl adjacent to an activating group) is 1. The first kappa shape index (κ1) is 19.6. The zero-order valence-electron chi connectivity index (χ0n) is 17.4. The molecule has 28 heavy (non-hydrogen) atoms. The van der Waals surface area contributed by atoms with Gasteiger partial charge in [-0.05, 0) is 64.1 Å². The molecule has 2 aromatic rings. The second-order valence-electron chi connectivity index (χ2n) is 8.58. The molecule has 4 rings (SSSR count). The lowest BCUT2D eigenvalue weighted by Gasteiger charge is -2.29. The Kier molecular flexibility index (Phi) is 5.56. The monoisotopic (exact) mass is 401 g/mol. The van der Waals surface area contributed by atoms with Gasteiger partial charge in [-0.25, -0.2) is 9.97 Å². The first-order valence-corrected chi connectivity index (χ1v) is 11.2. The molecular weight excluding hydrogens is 370 g/mol. The lowest BCUT2D eigenvalue weighted by atomic mass is 9.99. The molecule has 0 aromatic carbocycles. The smallest absolute Gasteiger partial charge is 0.239 e. The number of anilines is 1. The predicted octanol–water partition coefficient (Wildman–Crippen LogP) is 3.25. The fraction of sp³-hybridized carbons (Fsp3) is 0.667. The van der Waals surface area contributed by atoms with Crippen LogP contribution in [0.3, 0.4) is 0 Å². The minimum absolute atomic E-state index is 0.0768. The quantitative estimate of drug-likeness (QED) is 0.805. The molecule has 1 aliphatic heterocycles. The SMILES string of the molecule is Cc1sc2nc(CN3CCC(C)CC3)nc(N(C)CC(=O)NC3CC3)c2c1C. The number of amides is 1. The number of carbonyl (C=O) groups excluding carboxylic acids is 1. The molecule has 1 saturated heterocycles. The summed E-state index contributed by atoms with van der Waals surface area (Å²) in [5, 5.41) is 4.17. The fourth-order valence-corrected chi connectivity index (χ4v) is 4.87. The molecule has 1 saturated carbocycles. The lowest BCUT2D eigenvalue weighted by molar-refractivity contribution is -0.119. The van der Waals surface area contributed by atoms with E-state index in [2.05, 4.69) is 31.0 Å². The maximum Gasteiger partial charge on any atom is 0.239 e. The Bertz CT molecular complexity index is 867. The number of nitrogens with zero attached hydrogens (tertiary/aromatic N) is 4. The number of fused-ring (bicyclic) bond motifs is 1. The molecule has 6 nitrogen and oxygen atoms in total. The van der Waals surface area contributed by atoms with Gasteiger partial charge in [0.1, 0.15) is 16.5 Å². The van der Waals surface area contributed by atoms with Crippen molar-refractivity contribution in [3.8, 4) is 0 Å². The molecule has 2 fully saturated rings. The molecule has 1 N–H and O–H groups in total. The Balaban J connectivity index is 1.59. The van der Waals surface area contributed by atoms with Crippen molar-refractivity contribution in [2.45, 2.75) is 59.0 Å². The number of hydrogen-bond acceptors (Lipinski definition) is 6.